The number of benzene rings is 3. The van der Waals surface area contributed by atoms with Crippen molar-refractivity contribution in [3.8, 4) is 0 Å². The van der Waals surface area contributed by atoms with Crippen LogP contribution in [0, 0.1) is 10.1 Å². The largest absolute Gasteiger partial charge is 0.271 e. The molecule has 134 valence electrons. The third kappa shape index (κ3) is 4.65. The number of hydrogen-bond donors (Lipinski definition) is 1. The standard InChI is InChI=1S/C20H14BrN3O3/c21-17-11-9-15(10-12-17)19(14-5-2-1-3-6-14)22-23-20(25)16-7-4-8-18(13-16)24(26)27/h1-13H,(H,23,25)/b22-19+. The normalized spacial score (nSPS) is 11.1. The third-order valence-corrected chi connectivity index (χ3v) is 4.28. The maximum atomic E-state index is 12.4. The zero-order valence-corrected chi connectivity index (χ0v) is 15.6. The third-order valence-electron chi connectivity index (χ3n) is 3.75. The molecule has 1 N–H and O–H groups in total. The van der Waals surface area contributed by atoms with Crippen LogP contribution in [0.15, 0.2) is 88.4 Å². The summed E-state index contributed by atoms with van der Waals surface area (Å²) in [5, 5.41) is 15.2. The first-order chi connectivity index (χ1) is 13.0. The Hall–Kier alpha value is -3.32. The second kappa shape index (κ2) is 8.37. The van der Waals surface area contributed by atoms with E-state index in [-0.39, 0.29) is 11.3 Å². The molecule has 0 aliphatic carbocycles. The fourth-order valence-corrected chi connectivity index (χ4v) is 2.70. The molecule has 0 saturated carbocycles. The van der Waals surface area contributed by atoms with Gasteiger partial charge in [-0.3, -0.25) is 14.9 Å². The van der Waals surface area contributed by atoms with Crippen molar-refractivity contribution in [2.45, 2.75) is 0 Å². The van der Waals surface area contributed by atoms with Gasteiger partial charge >= 0.3 is 0 Å². The Kier molecular flexibility index (Phi) is 5.73. The summed E-state index contributed by atoms with van der Waals surface area (Å²) in [6.45, 7) is 0. The number of nitro benzene ring substituents is 1. The number of nitro groups is 1. The van der Waals surface area contributed by atoms with Gasteiger partial charge < -0.3 is 0 Å². The SMILES string of the molecule is O=C(N/N=C(\c1ccccc1)c1ccc(Br)cc1)c1cccc([N+](=O)[O-])c1. The highest BCUT2D eigenvalue weighted by atomic mass is 79.9. The van der Waals surface area contributed by atoms with Crippen LogP contribution in [0.2, 0.25) is 0 Å². The number of halogens is 1. The minimum Gasteiger partial charge on any atom is -0.267 e. The summed E-state index contributed by atoms with van der Waals surface area (Å²) in [5.74, 6) is -0.524. The van der Waals surface area contributed by atoms with E-state index in [1.165, 1.54) is 24.3 Å². The van der Waals surface area contributed by atoms with Crippen LogP contribution in [0.3, 0.4) is 0 Å². The van der Waals surface area contributed by atoms with Crippen molar-refractivity contribution in [2.75, 3.05) is 0 Å². The zero-order chi connectivity index (χ0) is 19.2. The van der Waals surface area contributed by atoms with Gasteiger partial charge in [-0.15, -0.1) is 0 Å². The Morgan fingerprint density at radius 3 is 2.19 bits per heavy atom. The number of nitrogens with zero attached hydrogens (tertiary/aromatic N) is 2. The monoisotopic (exact) mass is 423 g/mol. The Labute approximate surface area is 163 Å². The molecule has 0 saturated heterocycles. The minimum atomic E-state index is -0.544. The molecule has 0 bridgehead atoms. The summed E-state index contributed by atoms with van der Waals surface area (Å²) in [6.07, 6.45) is 0. The van der Waals surface area contributed by atoms with Crippen LogP contribution in [-0.2, 0) is 0 Å². The predicted molar refractivity (Wildman–Crippen MR) is 107 cm³/mol. The van der Waals surface area contributed by atoms with Crippen molar-refractivity contribution in [3.05, 3.63) is 110 Å². The molecule has 0 heterocycles. The van der Waals surface area contributed by atoms with Crippen molar-refractivity contribution in [1.82, 2.24) is 5.43 Å². The van der Waals surface area contributed by atoms with Gasteiger partial charge in [0.1, 0.15) is 0 Å². The second-order valence-corrected chi connectivity index (χ2v) is 6.50. The van der Waals surface area contributed by atoms with E-state index in [0.717, 1.165) is 15.6 Å². The van der Waals surface area contributed by atoms with Crippen LogP contribution in [0.5, 0.6) is 0 Å². The first-order valence-corrected chi connectivity index (χ1v) is 8.78. The van der Waals surface area contributed by atoms with Gasteiger partial charge in [0.05, 0.1) is 10.6 Å². The van der Waals surface area contributed by atoms with Crippen molar-refractivity contribution in [1.29, 1.82) is 0 Å². The van der Waals surface area contributed by atoms with E-state index in [9.17, 15) is 14.9 Å². The first kappa shape index (κ1) is 18.5. The molecule has 0 fully saturated rings. The number of carbonyl (C=O) groups is 1. The van der Waals surface area contributed by atoms with Crippen LogP contribution in [0.4, 0.5) is 5.69 Å². The summed E-state index contributed by atoms with van der Waals surface area (Å²) in [7, 11) is 0. The van der Waals surface area contributed by atoms with Crippen molar-refractivity contribution >= 4 is 33.2 Å². The van der Waals surface area contributed by atoms with E-state index in [1.54, 1.807) is 0 Å². The zero-order valence-electron chi connectivity index (χ0n) is 14.0. The van der Waals surface area contributed by atoms with E-state index in [1.807, 2.05) is 54.6 Å². The molecule has 3 rings (SSSR count). The molecule has 6 nitrogen and oxygen atoms in total. The highest BCUT2D eigenvalue weighted by molar-refractivity contribution is 9.10. The van der Waals surface area contributed by atoms with Crippen LogP contribution in [0.25, 0.3) is 0 Å². The van der Waals surface area contributed by atoms with Crippen molar-refractivity contribution < 1.29 is 9.72 Å². The molecule has 3 aromatic carbocycles. The fourth-order valence-electron chi connectivity index (χ4n) is 2.43. The Bertz CT molecular complexity index is 1000. The lowest BCUT2D eigenvalue weighted by molar-refractivity contribution is -0.384. The van der Waals surface area contributed by atoms with E-state index in [0.29, 0.717) is 5.71 Å². The number of rotatable bonds is 5. The Balaban J connectivity index is 1.92. The molecule has 3 aromatic rings. The maximum Gasteiger partial charge on any atom is 0.271 e. The molecule has 0 unspecified atom stereocenters. The number of hydrazone groups is 1. The number of nitrogens with one attached hydrogen (secondary N) is 1. The van der Waals surface area contributed by atoms with E-state index < -0.39 is 10.8 Å². The maximum absolute atomic E-state index is 12.4. The lowest BCUT2D eigenvalue weighted by Crippen LogP contribution is -2.20. The molecule has 0 aromatic heterocycles. The topological polar surface area (TPSA) is 84.6 Å². The number of amides is 1. The predicted octanol–water partition coefficient (Wildman–Crippen LogP) is 4.54. The van der Waals surface area contributed by atoms with Crippen LogP contribution < -0.4 is 5.43 Å². The number of non-ortho nitro benzene ring substituents is 1. The van der Waals surface area contributed by atoms with Gasteiger partial charge in [0, 0.05) is 33.3 Å². The quantitative estimate of drug-likeness (QED) is 0.371. The van der Waals surface area contributed by atoms with Crippen molar-refractivity contribution in [2.24, 2.45) is 5.10 Å². The van der Waals surface area contributed by atoms with Gasteiger partial charge in [-0.25, -0.2) is 5.43 Å². The molecule has 0 aliphatic rings. The molecule has 27 heavy (non-hydrogen) atoms. The number of hydrogen-bond acceptors (Lipinski definition) is 4. The second-order valence-electron chi connectivity index (χ2n) is 5.58. The molecule has 7 heteroatoms. The number of carbonyl (C=O) groups excluding carboxylic acids is 1. The summed E-state index contributed by atoms with van der Waals surface area (Å²) >= 11 is 3.40. The molecular weight excluding hydrogens is 410 g/mol. The highest BCUT2D eigenvalue weighted by Crippen LogP contribution is 2.16. The highest BCUT2D eigenvalue weighted by Gasteiger charge is 2.12. The van der Waals surface area contributed by atoms with Gasteiger partial charge in [-0.1, -0.05) is 64.5 Å². The van der Waals surface area contributed by atoms with Crippen molar-refractivity contribution in [3.63, 3.8) is 0 Å². The molecular formula is C20H14BrN3O3. The van der Waals surface area contributed by atoms with E-state index >= 15 is 0 Å². The molecule has 0 atom stereocenters. The summed E-state index contributed by atoms with van der Waals surface area (Å²) in [5.41, 5.74) is 4.74. The lowest BCUT2D eigenvalue weighted by Gasteiger charge is -2.08. The van der Waals surface area contributed by atoms with Gasteiger partial charge in [-0.05, 0) is 18.2 Å². The Morgan fingerprint density at radius 1 is 0.889 bits per heavy atom. The Morgan fingerprint density at radius 2 is 1.52 bits per heavy atom. The molecule has 0 spiro atoms. The average Bonchev–Trinajstić information content (AvgIpc) is 2.70. The van der Waals surface area contributed by atoms with Crippen LogP contribution in [-0.4, -0.2) is 16.5 Å². The van der Waals surface area contributed by atoms with E-state index in [2.05, 4.69) is 26.5 Å². The van der Waals surface area contributed by atoms with Gasteiger partial charge in [-0.2, -0.15) is 5.10 Å². The lowest BCUT2D eigenvalue weighted by atomic mass is 10.0. The minimum absolute atomic E-state index is 0.150. The summed E-state index contributed by atoms with van der Waals surface area (Å²) in [6, 6.07) is 22.5. The van der Waals surface area contributed by atoms with Gasteiger partial charge in [0.15, 0.2) is 0 Å². The molecule has 0 radical (unpaired) electrons. The average molecular weight is 424 g/mol. The smallest absolute Gasteiger partial charge is 0.267 e. The van der Waals surface area contributed by atoms with Crippen LogP contribution >= 0.6 is 15.9 Å². The van der Waals surface area contributed by atoms with Gasteiger partial charge in [0.2, 0.25) is 0 Å². The van der Waals surface area contributed by atoms with E-state index in [4.69, 9.17) is 0 Å². The van der Waals surface area contributed by atoms with Gasteiger partial charge in [0.25, 0.3) is 11.6 Å². The van der Waals surface area contributed by atoms with Crippen LogP contribution in [0.1, 0.15) is 21.5 Å². The molecule has 1 amide bonds. The summed E-state index contributed by atoms with van der Waals surface area (Å²) in [4.78, 5) is 22.7. The molecule has 0 aliphatic heterocycles. The summed E-state index contributed by atoms with van der Waals surface area (Å²) < 4.78 is 0.930. The fraction of sp³-hybridized carbons (Fsp3) is 0. The first-order valence-electron chi connectivity index (χ1n) is 7.98.